The fourth-order valence-electron chi connectivity index (χ4n) is 3.89. The third kappa shape index (κ3) is 5.56. The van der Waals surface area contributed by atoms with E-state index < -0.39 is 23.8 Å². The fraction of sp³-hybridized carbons (Fsp3) is 0.333. The van der Waals surface area contributed by atoms with E-state index in [1.54, 1.807) is 42.2 Å². The predicted octanol–water partition coefficient (Wildman–Crippen LogP) is 4.78. The zero-order chi connectivity index (χ0) is 24.3. The van der Waals surface area contributed by atoms with Crippen LogP contribution in [0.15, 0.2) is 54.7 Å². The molecule has 4 rings (SSSR count). The molecule has 1 aliphatic rings. The number of carbonyl (C=O) groups excluding carboxylic acids is 1. The zero-order valence-corrected chi connectivity index (χ0v) is 18.5. The number of aryl methyl sites for hydroxylation is 1. The van der Waals surface area contributed by atoms with Crippen LogP contribution < -0.4 is 10.1 Å². The van der Waals surface area contributed by atoms with E-state index in [9.17, 15) is 22.4 Å². The standard InChI is InChI=1S/C24H24F4N4O2/c1-31-21(7-9-29-31)20-14-19(5-6-22(20)34-12-11-32-10-8-18(25)15-32)30-23(33)16-3-2-4-17(13-16)24(26,27)28/h2-7,9,13-14,18H,8,10-12,15H2,1H3,(H,30,33)/t18-/m0/s1. The van der Waals surface area contributed by atoms with Gasteiger partial charge in [-0.1, -0.05) is 6.07 Å². The van der Waals surface area contributed by atoms with Gasteiger partial charge in [0.05, 0.1) is 11.3 Å². The van der Waals surface area contributed by atoms with Gasteiger partial charge in [-0.05, 0) is 48.9 Å². The number of alkyl halides is 4. The normalized spacial score (nSPS) is 16.6. The SMILES string of the molecule is Cn1nccc1-c1cc(NC(=O)c2cccc(C(F)(F)F)c2)ccc1OCCN1CC[C@H](F)C1. The number of rotatable bonds is 7. The van der Waals surface area contributed by atoms with Crippen LogP contribution >= 0.6 is 0 Å². The van der Waals surface area contributed by atoms with Gasteiger partial charge in [0, 0.05) is 49.7 Å². The van der Waals surface area contributed by atoms with Crippen LogP contribution in [0.25, 0.3) is 11.3 Å². The quantitative estimate of drug-likeness (QED) is 0.499. The third-order valence-corrected chi connectivity index (χ3v) is 5.67. The van der Waals surface area contributed by atoms with Gasteiger partial charge in [-0.3, -0.25) is 14.4 Å². The lowest BCUT2D eigenvalue weighted by molar-refractivity contribution is -0.137. The van der Waals surface area contributed by atoms with Crippen molar-refractivity contribution in [3.63, 3.8) is 0 Å². The number of nitrogens with zero attached hydrogens (tertiary/aromatic N) is 3. The van der Waals surface area contributed by atoms with Crippen molar-refractivity contribution in [2.45, 2.75) is 18.8 Å². The number of hydrogen-bond acceptors (Lipinski definition) is 4. The van der Waals surface area contributed by atoms with Crippen molar-refractivity contribution in [2.75, 3.05) is 31.6 Å². The Labute approximate surface area is 194 Å². The van der Waals surface area contributed by atoms with Gasteiger partial charge in [0.2, 0.25) is 0 Å². The van der Waals surface area contributed by atoms with E-state index >= 15 is 0 Å². The van der Waals surface area contributed by atoms with Gasteiger partial charge in [-0.25, -0.2) is 4.39 Å². The number of benzene rings is 2. The summed E-state index contributed by atoms with van der Waals surface area (Å²) in [5.74, 6) is -0.109. The number of carbonyl (C=O) groups is 1. The van der Waals surface area contributed by atoms with Gasteiger partial charge in [-0.2, -0.15) is 18.3 Å². The number of hydrogen-bond donors (Lipinski definition) is 1. The van der Waals surface area contributed by atoms with Crippen molar-refractivity contribution in [3.05, 3.63) is 65.9 Å². The van der Waals surface area contributed by atoms with E-state index in [4.69, 9.17) is 4.74 Å². The summed E-state index contributed by atoms with van der Waals surface area (Å²) in [6, 6.07) is 11.0. The maximum absolute atomic E-state index is 13.4. The van der Waals surface area contributed by atoms with Crippen molar-refractivity contribution < 1.29 is 27.1 Å². The second kappa shape index (κ2) is 9.84. The van der Waals surface area contributed by atoms with E-state index in [1.807, 2.05) is 4.90 Å². The van der Waals surface area contributed by atoms with Crippen molar-refractivity contribution >= 4 is 11.6 Å². The lowest BCUT2D eigenvalue weighted by Crippen LogP contribution is -2.26. The molecule has 3 aromatic rings. The molecule has 2 heterocycles. The summed E-state index contributed by atoms with van der Waals surface area (Å²) in [5, 5.41) is 6.82. The van der Waals surface area contributed by atoms with Crippen molar-refractivity contribution in [2.24, 2.45) is 7.05 Å². The highest BCUT2D eigenvalue weighted by atomic mass is 19.4. The highest BCUT2D eigenvalue weighted by molar-refractivity contribution is 6.04. The minimum Gasteiger partial charge on any atom is -0.492 e. The van der Waals surface area contributed by atoms with E-state index in [0.29, 0.717) is 49.7 Å². The number of nitrogens with one attached hydrogen (secondary N) is 1. The molecule has 1 aromatic heterocycles. The first-order chi connectivity index (χ1) is 16.2. The topological polar surface area (TPSA) is 59.4 Å². The number of aromatic nitrogens is 2. The Morgan fingerprint density at radius 3 is 2.71 bits per heavy atom. The van der Waals surface area contributed by atoms with Gasteiger partial charge in [0.1, 0.15) is 18.5 Å². The predicted molar refractivity (Wildman–Crippen MR) is 119 cm³/mol. The van der Waals surface area contributed by atoms with Crippen molar-refractivity contribution in [1.82, 2.24) is 14.7 Å². The number of ether oxygens (including phenoxy) is 1. The molecule has 1 aliphatic heterocycles. The monoisotopic (exact) mass is 476 g/mol. The Morgan fingerprint density at radius 1 is 1.21 bits per heavy atom. The smallest absolute Gasteiger partial charge is 0.416 e. The molecule has 180 valence electrons. The highest BCUT2D eigenvalue weighted by Crippen LogP contribution is 2.33. The van der Waals surface area contributed by atoms with E-state index in [-0.39, 0.29) is 5.56 Å². The van der Waals surface area contributed by atoms with Crippen LogP contribution in [-0.4, -0.2) is 53.0 Å². The summed E-state index contributed by atoms with van der Waals surface area (Å²) in [6.45, 7) is 2.03. The first kappa shape index (κ1) is 23.7. The summed E-state index contributed by atoms with van der Waals surface area (Å²) in [6.07, 6.45) is -3.19. The molecule has 1 saturated heterocycles. The Kier molecular flexibility index (Phi) is 6.87. The molecule has 6 nitrogen and oxygen atoms in total. The highest BCUT2D eigenvalue weighted by Gasteiger charge is 2.31. The van der Waals surface area contributed by atoms with E-state index in [1.165, 1.54) is 12.1 Å². The second-order valence-corrected chi connectivity index (χ2v) is 8.12. The molecule has 1 amide bonds. The molecule has 34 heavy (non-hydrogen) atoms. The van der Waals surface area contributed by atoms with Crippen LogP contribution in [-0.2, 0) is 13.2 Å². The number of amides is 1. The van der Waals surface area contributed by atoms with Crippen LogP contribution in [0, 0.1) is 0 Å². The first-order valence-electron chi connectivity index (χ1n) is 10.8. The molecule has 0 radical (unpaired) electrons. The number of likely N-dealkylation sites (tertiary alicyclic amines) is 1. The summed E-state index contributed by atoms with van der Waals surface area (Å²) in [4.78, 5) is 14.6. The lowest BCUT2D eigenvalue weighted by Gasteiger charge is -2.17. The van der Waals surface area contributed by atoms with Gasteiger partial charge < -0.3 is 10.1 Å². The maximum Gasteiger partial charge on any atom is 0.416 e. The first-order valence-corrected chi connectivity index (χ1v) is 10.8. The Hall–Kier alpha value is -3.40. The molecule has 1 N–H and O–H groups in total. The average Bonchev–Trinajstić information content (AvgIpc) is 3.41. The van der Waals surface area contributed by atoms with Gasteiger partial charge in [-0.15, -0.1) is 0 Å². The van der Waals surface area contributed by atoms with E-state index in [2.05, 4.69) is 10.4 Å². The van der Waals surface area contributed by atoms with Crippen LogP contribution in [0.3, 0.4) is 0 Å². The molecule has 10 heteroatoms. The largest absolute Gasteiger partial charge is 0.492 e. The molecule has 2 aromatic carbocycles. The number of halogens is 4. The fourth-order valence-corrected chi connectivity index (χ4v) is 3.89. The lowest BCUT2D eigenvalue weighted by atomic mass is 10.1. The third-order valence-electron chi connectivity index (χ3n) is 5.67. The average molecular weight is 476 g/mol. The van der Waals surface area contributed by atoms with Crippen LogP contribution in [0.2, 0.25) is 0 Å². The Bertz CT molecular complexity index is 1160. The molecular weight excluding hydrogens is 452 g/mol. The summed E-state index contributed by atoms with van der Waals surface area (Å²) >= 11 is 0. The molecule has 0 unspecified atom stereocenters. The molecule has 1 atom stereocenters. The van der Waals surface area contributed by atoms with E-state index in [0.717, 1.165) is 17.8 Å². The minimum absolute atomic E-state index is 0.103. The van der Waals surface area contributed by atoms with Gasteiger partial charge in [0.15, 0.2) is 0 Å². The molecule has 0 saturated carbocycles. The van der Waals surface area contributed by atoms with Gasteiger partial charge >= 0.3 is 6.18 Å². The maximum atomic E-state index is 13.4. The summed E-state index contributed by atoms with van der Waals surface area (Å²) in [7, 11) is 1.76. The van der Waals surface area contributed by atoms with Crippen LogP contribution in [0.5, 0.6) is 5.75 Å². The summed E-state index contributed by atoms with van der Waals surface area (Å²) in [5.41, 5.74) is 0.790. The second-order valence-electron chi connectivity index (χ2n) is 8.12. The van der Waals surface area contributed by atoms with Crippen LogP contribution in [0.1, 0.15) is 22.3 Å². The van der Waals surface area contributed by atoms with Crippen molar-refractivity contribution in [3.8, 4) is 17.0 Å². The van der Waals surface area contributed by atoms with Gasteiger partial charge in [0.25, 0.3) is 5.91 Å². The number of anilines is 1. The van der Waals surface area contributed by atoms with Crippen molar-refractivity contribution in [1.29, 1.82) is 0 Å². The molecule has 0 bridgehead atoms. The molecular formula is C24H24F4N4O2. The minimum atomic E-state index is -4.54. The molecule has 1 fully saturated rings. The van der Waals surface area contributed by atoms with Crippen LogP contribution in [0.4, 0.5) is 23.2 Å². The Balaban J connectivity index is 1.52. The summed E-state index contributed by atoms with van der Waals surface area (Å²) < 4.78 is 60.0. The molecule has 0 spiro atoms. The molecule has 0 aliphatic carbocycles. The Morgan fingerprint density at radius 2 is 2.03 bits per heavy atom. The zero-order valence-electron chi connectivity index (χ0n) is 18.5.